The molecule has 0 radical (unpaired) electrons. The normalized spacial score (nSPS) is 11.1. The highest BCUT2D eigenvalue weighted by molar-refractivity contribution is 7.22. The number of nitrogens with zero attached hydrogens (tertiary/aromatic N) is 2. The van der Waals surface area contributed by atoms with E-state index in [-0.39, 0.29) is 5.57 Å². The Hall–Kier alpha value is -4.35. The van der Waals surface area contributed by atoms with Gasteiger partial charge in [-0.05, 0) is 54.5 Å². The molecule has 0 unspecified atom stereocenters. The third kappa shape index (κ3) is 5.96. The number of fused-ring (bicyclic) bond motifs is 1. The molecule has 1 aromatic heterocycles. The van der Waals surface area contributed by atoms with E-state index >= 15 is 0 Å². The molecule has 4 rings (SSSR count). The van der Waals surface area contributed by atoms with Crippen molar-refractivity contribution in [1.29, 1.82) is 5.26 Å². The van der Waals surface area contributed by atoms with Gasteiger partial charge in [-0.1, -0.05) is 47.7 Å². The molecule has 0 saturated heterocycles. The third-order valence-corrected chi connectivity index (χ3v) is 6.02. The molecule has 0 bridgehead atoms. The van der Waals surface area contributed by atoms with Gasteiger partial charge in [0.05, 0.1) is 17.3 Å². The van der Waals surface area contributed by atoms with Crippen LogP contribution in [-0.2, 0) is 4.79 Å². The second kappa shape index (κ2) is 11.2. The van der Waals surface area contributed by atoms with Crippen LogP contribution in [0.2, 0.25) is 0 Å². The Morgan fingerprint density at radius 3 is 2.51 bits per heavy atom. The molecule has 0 aliphatic heterocycles. The van der Waals surface area contributed by atoms with E-state index in [0.29, 0.717) is 35.4 Å². The SMILES string of the molecule is COc1cc(/C=C(\C#N)C(=O)Nc2nc3ccccc3s2)ccc1OCCOc1ccccc1C. The number of anilines is 1. The Balaban J connectivity index is 1.40. The highest BCUT2D eigenvalue weighted by atomic mass is 32.1. The Morgan fingerprint density at radius 1 is 1.03 bits per heavy atom. The molecule has 0 atom stereocenters. The molecule has 0 saturated carbocycles. The van der Waals surface area contributed by atoms with Gasteiger partial charge >= 0.3 is 0 Å². The van der Waals surface area contributed by atoms with Crippen molar-refractivity contribution in [2.75, 3.05) is 25.6 Å². The zero-order valence-electron chi connectivity index (χ0n) is 19.3. The average Bonchev–Trinajstić information content (AvgIpc) is 3.28. The van der Waals surface area contributed by atoms with Gasteiger partial charge in [0, 0.05) is 0 Å². The molecule has 3 aromatic carbocycles. The van der Waals surface area contributed by atoms with Crippen LogP contribution in [0.5, 0.6) is 17.2 Å². The number of nitrogens with one attached hydrogen (secondary N) is 1. The van der Waals surface area contributed by atoms with Gasteiger partial charge in [0.1, 0.15) is 30.6 Å². The van der Waals surface area contributed by atoms with Crippen molar-refractivity contribution in [1.82, 2.24) is 4.98 Å². The maximum Gasteiger partial charge on any atom is 0.268 e. The summed E-state index contributed by atoms with van der Waals surface area (Å²) in [5.41, 5.74) is 2.43. The van der Waals surface area contributed by atoms with Gasteiger partial charge < -0.3 is 14.2 Å². The maximum atomic E-state index is 12.7. The average molecular weight is 486 g/mol. The lowest BCUT2D eigenvalue weighted by atomic mass is 10.1. The maximum absolute atomic E-state index is 12.7. The molecular weight excluding hydrogens is 462 g/mol. The van der Waals surface area contributed by atoms with E-state index in [9.17, 15) is 10.1 Å². The number of hydrogen-bond acceptors (Lipinski definition) is 7. The molecular formula is C27H23N3O4S. The van der Waals surface area contributed by atoms with Gasteiger partial charge in [0.25, 0.3) is 5.91 Å². The summed E-state index contributed by atoms with van der Waals surface area (Å²) in [5.74, 6) is 1.31. The van der Waals surface area contributed by atoms with E-state index in [1.807, 2.05) is 61.5 Å². The summed E-state index contributed by atoms with van der Waals surface area (Å²) in [6, 6.07) is 22.5. The number of nitriles is 1. The molecule has 0 aliphatic rings. The van der Waals surface area contributed by atoms with Crippen LogP contribution in [0.1, 0.15) is 11.1 Å². The highest BCUT2D eigenvalue weighted by Crippen LogP contribution is 2.30. The van der Waals surface area contributed by atoms with Gasteiger partial charge in [-0.2, -0.15) is 5.26 Å². The number of benzene rings is 3. The standard InChI is InChI=1S/C27H23N3O4S/c1-18-7-3-5-9-22(18)33-13-14-34-23-12-11-19(16-24(23)32-2)15-20(17-28)26(31)30-27-29-21-8-4-6-10-25(21)35-27/h3-12,15-16H,13-14H2,1-2H3,(H,29,30,31)/b20-15+. The van der Waals surface area contributed by atoms with Crippen molar-refractivity contribution < 1.29 is 19.0 Å². The Labute approximate surface area is 207 Å². The number of rotatable bonds is 9. The fourth-order valence-electron chi connectivity index (χ4n) is 3.32. The summed E-state index contributed by atoms with van der Waals surface area (Å²) in [4.78, 5) is 17.0. The second-order valence-electron chi connectivity index (χ2n) is 7.48. The zero-order chi connectivity index (χ0) is 24.6. The Kier molecular flexibility index (Phi) is 7.60. The monoisotopic (exact) mass is 485 g/mol. The number of hydrogen-bond donors (Lipinski definition) is 1. The van der Waals surface area contributed by atoms with E-state index in [2.05, 4.69) is 10.3 Å². The second-order valence-corrected chi connectivity index (χ2v) is 8.51. The molecule has 35 heavy (non-hydrogen) atoms. The van der Waals surface area contributed by atoms with E-state index in [0.717, 1.165) is 21.5 Å². The molecule has 4 aromatic rings. The number of amides is 1. The number of para-hydroxylation sites is 2. The van der Waals surface area contributed by atoms with Crippen LogP contribution in [0.3, 0.4) is 0 Å². The van der Waals surface area contributed by atoms with Crippen LogP contribution in [0.15, 0.2) is 72.3 Å². The van der Waals surface area contributed by atoms with Crippen molar-refractivity contribution in [3.8, 4) is 23.3 Å². The minimum Gasteiger partial charge on any atom is -0.493 e. The summed E-state index contributed by atoms with van der Waals surface area (Å²) in [6.45, 7) is 2.69. The molecule has 0 spiro atoms. The largest absolute Gasteiger partial charge is 0.493 e. The topological polar surface area (TPSA) is 93.5 Å². The number of aromatic nitrogens is 1. The Morgan fingerprint density at radius 2 is 1.77 bits per heavy atom. The fourth-order valence-corrected chi connectivity index (χ4v) is 4.18. The highest BCUT2D eigenvalue weighted by Gasteiger charge is 2.13. The van der Waals surface area contributed by atoms with Crippen molar-refractivity contribution in [2.45, 2.75) is 6.92 Å². The van der Waals surface area contributed by atoms with E-state index < -0.39 is 5.91 Å². The van der Waals surface area contributed by atoms with Crippen LogP contribution < -0.4 is 19.5 Å². The van der Waals surface area contributed by atoms with E-state index in [1.165, 1.54) is 24.5 Å². The van der Waals surface area contributed by atoms with Gasteiger partial charge in [-0.3, -0.25) is 10.1 Å². The van der Waals surface area contributed by atoms with Crippen molar-refractivity contribution in [3.05, 3.63) is 83.4 Å². The van der Waals surface area contributed by atoms with Crippen molar-refractivity contribution in [3.63, 3.8) is 0 Å². The summed E-state index contributed by atoms with van der Waals surface area (Å²) in [6.07, 6.45) is 1.50. The first-order chi connectivity index (χ1) is 17.1. The van der Waals surface area contributed by atoms with E-state index in [4.69, 9.17) is 14.2 Å². The minimum absolute atomic E-state index is 0.0494. The fraction of sp³-hybridized carbons (Fsp3) is 0.148. The predicted molar refractivity (Wildman–Crippen MR) is 137 cm³/mol. The first-order valence-corrected chi connectivity index (χ1v) is 11.7. The number of methoxy groups -OCH3 is 1. The number of carbonyl (C=O) groups is 1. The van der Waals surface area contributed by atoms with Crippen LogP contribution in [0.4, 0.5) is 5.13 Å². The molecule has 0 aliphatic carbocycles. The lowest BCUT2D eigenvalue weighted by Gasteiger charge is -2.13. The van der Waals surface area contributed by atoms with Crippen molar-refractivity contribution in [2.24, 2.45) is 0 Å². The first-order valence-electron chi connectivity index (χ1n) is 10.9. The third-order valence-electron chi connectivity index (χ3n) is 5.07. The van der Waals surface area contributed by atoms with Gasteiger partial charge in [-0.15, -0.1) is 0 Å². The molecule has 8 heteroatoms. The first kappa shape index (κ1) is 23.8. The summed E-state index contributed by atoms with van der Waals surface area (Å²) < 4.78 is 18.0. The summed E-state index contributed by atoms with van der Waals surface area (Å²) in [7, 11) is 1.53. The molecule has 0 fully saturated rings. The Bertz CT molecular complexity index is 1390. The summed E-state index contributed by atoms with van der Waals surface area (Å²) >= 11 is 1.35. The van der Waals surface area contributed by atoms with Gasteiger partial charge in [-0.25, -0.2) is 4.98 Å². The predicted octanol–water partition coefficient (Wildman–Crippen LogP) is 5.62. The number of thiazole rings is 1. The molecule has 1 amide bonds. The lowest BCUT2D eigenvalue weighted by Crippen LogP contribution is -2.13. The molecule has 176 valence electrons. The molecule has 1 N–H and O–H groups in total. The van der Waals surface area contributed by atoms with Crippen LogP contribution in [0, 0.1) is 18.3 Å². The van der Waals surface area contributed by atoms with Gasteiger partial charge in [0.15, 0.2) is 16.6 Å². The number of aryl methyl sites for hydroxylation is 1. The van der Waals surface area contributed by atoms with Crippen LogP contribution >= 0.6 is 11.3 Å². The number of ether oxygens (including phenoxy) is 3. The van der Waals surface area contributed by atoms with Crippen LogP contribution in [-0.4, -0.2) is 31.2 Å². The lowest BCUT2D eigenvalue weighted by molar-refractivity contribution is -0.112. The van der Waals surface area contributed by atoms with Crippen molar-refractivity contribution >= 4 is 38.7 Å². The molecule has 7 nitrogen and oxygen atoms in total. The minimum atomic E-state index is -0.529. The van der Waals surface area contributed by atoms with E-state index in [1.54, 1.807) is 18.2 Å². The van der Waals surface area contributed by atoms with Gasteiger partial charge in [0.2, 0.25) is 0 Å². The zero-order valence-corrected chi connectivity index (χ0v) is 20.1. The van der Waals surface area contributed by atoms with Crippen LogP contribution in [0.25, 0.3) is 16.3 Å². The smallest absolute Gasteiger partial charge is 0.268 e. The number of carbonyl (C=O) groups excluding carboxylic acids is 1. The molecule has 1 heterocycles. The quantitative estimate of drug-likeness (QED) is 0.188. The summed E-state index contributed by atoms with van der Waals surface area (Å²) in [5, 5.41) is 12.7.